The molecule has 2 N–H and O–H groups in total. The Morgan fingerprint density at radius 1 is 0.750 bits per heavy atom. The molecule has 0 aromatic rings. The Labute approximate surface area is 119 Å². The molecule has 0 radical (unpaired) electrons. The molecule has 0 spiro atoms. The van der Waals surface area contributed by atoms with Crippen LogP contribution in [0.5, 0.6) is 0 Å². The van der Waals surface area contributed by atoms with Gasteiger partial charge < -0.3 is 10.6 Å². The fourth-order valence-electron chi connectivity index (χ4n) is 2.55. The highest BCUT2D eigenvalue weighted by Crippen LogP contribution is 2.22. The summed E-state index contributed by atoms with van der Waals surface area (Å²) >= 11 is 0. The lowest BCUT2D eigenvalue weighted by molar-refractivity contribution is -0.128. The van der Waals surface area contributed by atoms with Crippen LogP contribution in [0.1, 0.15) is 25.7 Å². The molecule has 5 heteroatoms. The largest absolute Gasteiger partial charge is 0.317 e. The van der Waals surface area contributed by atoms with Crippen LogP contribution in [0.2, 0.25) is 0 Å². The van der Waals surface area contributed by atoms with E-state index in [1.165, 1.54) is 0 Å². The number of rotatable bonds is 2. The molecule has 2 saturated heterocycles. The summed E-state index contributed by atoms with van der Waals surface area (Å²) in [6.45, 7) is 4.12. The van der Waals surface area contributed by atoms with Gasteiger partial charge in [0.2, 0.25) is 0 Å². The van der Waals surface area contributed by atoms with Crippen molar-refractivity contribution in [1.82, 2.24) is 10.6 Å². The van der Waals surface area contributed by atoms with Crippen molar-refractivity contribution < 1.29 is 4.79 Å². The van der Waals surface area contributed by atoms with Crippen LogP contribution in [0.15, 0.2) is 0 Å². The minimum absolute atomic E-state index is 0. The first-order chi connectivity index (χ1) is 6.88. The molecule has 2 aliphatic rings. The third-order valence-electron chi connectivity index (χ3n) is 3.48. The van der Waals surface area contributed by atoms with Gasteiger partial charge in [0, 0.05) is 11.8 Å². The van der Waals surface area contributed by atoms with E-state index in [2.05, 4.69) is 10.6 Å². The standard InChI is InChI=1S/C11H20N2O.2BrH/c14-11(9-1-5-12-6-2-9)10-3-7-13-8-4-10;;/h9-10,12-13H,1-8H2;2*1H. The maximum atomic E-state index is 12.1. The summed E-state index contributed by atoms with van der Waals surface area (Å²) in [5.41, 5.74) is 0. The average molecular weight is 358 g/mol. The number of Topliss-reactive ketones (excluding diaryl/α,β-unsaturated/α-hetero) is 1. The quantitative estimate of drug-likeness (QED) is 0.790. The van der Waals surface area contributed by atoms with Gasteiger partial charge >= 0.3 is 0 Å². The zero-order chi connectivity index (χ0) is 9.80. The number of carbonyl (C=O) groups excluding carboxylic acids is 1. The van der Waals surface area contributed by atoms with Crippen LogP contribution in [-0.4, -0.2) is 32.0 Å². The maximum absolute atomic E-state index is 12.1. The second-order valence-electron chi connectivity index (χ2n) is 4.45. The molecule has 0 unspecified atom stereocenters. The first-order valence-electron chi connectivity index (χ1n) is 5.83. The van der Waals surface area contributed by atoms with Gasteiger partial charge in [-0.15, -0.1) is 34.0 Å². The molecule has 16 heavy (non-hydrogen) atoms. The number of piperidine rings is 2. The summed E-state index contributed by atoms with van der Waals surface area (Å²) in [7, 11) is 0. The van der Waals surface area contributed by atoms with Gasteiger partial charge in [0.15, 0.2) is 0 Å². The number of carbonyl (C=O) groups is 1. The molecule has 0 atom stereocenters. The Kier molecular flexibility index (Phi) is 8.91. The monoisotopic (exact) mass is 356 g/mol. The van der Waals surface area contributed by atoms with E-state index in [0.29, 0.717) is 17.6 Å². The lowest BCUT2D eigenvalue weighted by atomic mass is 9.82. The Bertz CT molecular complexity index is 182. The lowest BCUT2D eigenvalue weighted by Crippen LogP contribution is -2.38. The van der Waals surface area contributed by atoms with Gasteiger partial charge in [-0.1, -0.05) is 0 Å². The van der Waals surface area contributed by atoms with Crippen molar-refractivity contribution in [3.05, 3.63) is 0 Å². The van der Waals surface area contributed by atoms with Gasteiger partial charge in [0.05, 0.1) is 0 Å². The summed E-state index contributed by atoms with van der Waals surface area (Å²) in [5, 5.41) is 6.62. The molecule has 3 nitrogen and oxygen atoms in total. The van der Waals surface area contributed by atoms with Crippen LogP contribution < -0.4 is 10.6 Å². The van der Waals surface area contributed by atoms with E-state index < -0.39 is 0 Å². The molecular formula is C11H22Br2N2O. The van der Waals surface area contributed by atoms with E-state index in [-0.39, 0.29) is 34.0 Å². The molecule has 0 aromatic carbocycles. The van der Waals surface area contributed by atoms with Crippen LogP contribution in [0, 0.1) is 11.8 Å². The second-order valence-corrected chi connectivity index (χ2v) is 4.45. The van der Waals surface area contributed by atoms with E-state index in [0.717, 1.165) is 51.9 Å². The first kappa shape index (κ1) is 16.6. The van der Waals surface area contributed by atoms with Crippen molar-refractivity contribution >= 4 is 39.7 Å². The number of hydrogen-bond donors (Lipinski definition) is 2. The third-order valence-corrected chi connectivity index (χ3v) is 3.48. The topological polar surface area (TPSA) is 41.1 Å². The number of nitrogens with one attached hydrogen (secondary N) is 2. The zero-order valence-corrected chi connectivity index (χ0v) is 13.0. The Balaban J connectivity index is 0.00000112. The lowest BCUT2D eigenvalue weighted by Gasteiger charge is -2.28. The Hall–Kier alpha value is 0.550. The molecule has 2 fully saturated rings. The molecule has 0 aromatic heterocycles. The molecular weight excluding hydrogens is 336 g/mol. The fourth-order valence-corrected chi connectivity index (χ4v) is 2.55. The van der Waals surface area contributed by atoms with E-state index >= 15 is 0 Å². The van der Waals surface area contributed by atoms with Crippen LogP contribution in [0.4, 0.5) is 0 Å². The van der Waals surface area contributed by atoms with Crippen LogP contribution in [0.25, 0.3) is 0 Å². The molecule has 2 rings (SSSR count). The Morgan fingerprint density at radius 3 is 1.38 bits per heavy atom. The van der Waals surface area contributed by atoms with Gasteiger partial charge in [0.25, 0.3) is 0 Å². The normalized spacial score (nSPS) is 23.0. The van der Waals surface area contributed by atoms with E-state index in [4.69, 9.17) is 0 Å². The van der Waals surface area contributed by atoms with Crippen molar-refractivity contribution in [3.8, 4) is 0 Å². The molecule has 0 amide bonds. The summed E-state index contributed by atoms with van der Waals surface area (Å²) in [6.07, 6.45) is 4.23. The molecule has 0 aliphatic carbocycles. The minimum Gasteiger partial charge on any atom is -0.317 e. The van der Waals surface area contributed by atoms with Gasteiger partial charge in [0.1, 0.15) is 5.78 Å². The van der Waals surface area contributed by atoms with Crippen molar-refractivity contribution in [2.75, 3.05) is 26.2 Å². The van der Waals surface area contributed by atoms with Crippen molar-refractivity contribution in [2.24, 2.45) is 11.8 Å². The third kappa shape index (κ3) is 4.43. The van der Waals surface area contributed by atoms with E-state index in [9.17, 15) is 4.79 Å². The van der Waals surface area contributed by atoms with Gasteiger partial charge in [-0.25, -0.2) is 0 Å². The minimum atomic E-state index is 0. The van der Waals surface area contributed by atoms with Gasteiger partial charge in [-0.2, -0.15) is 0 Å². The second kappa shape index (κ2) is 8.61. The smallest absolute Gasteiger partial charge is 0.139 e. The van der Waals surface area contributed by atoms with Crippen molar-refractivity contribution in [1.29, 1.82) is 0 Å². The molecule has 96 valence electrons. The molecule has 0 saturated carbocycles. The van der Waals surface area contributed by atoms with Crippen LogP contribution in [0.3, 0.4) is 0 Å². The predicted octanol–water partition coefficient (Wildman–Crippen LogP) is 1.71. The summed E-state index contributed by atoms with van der Waals surface area (Å²) in [4.78, 5) is 12.1. The zero-order valence-electron chi connectivity index (χ0n) is 9.54. The van der Waals surface area contributed by atoms with Gasteiger partial charge in [-0.3, -0.25) is 4.79 Å². The molecule has 0 bridgehead atoms. The van der Waals surface area contributed by atoms with E-state index in [1.54, 1.807) is 0 Å². The molecule has 2 aliphatic heterocycles. The fraction of sp³-hybridized carbons (Fsp3) is 0.909. The van der Waals surface area contributed by atoms with Crippen molar-refractivity contribution in [2.45, 2.75) is 25.7 Å². The average Bonchev–Trinajstić information content (AvgIpc) is 2.30. The van der Waals surface area contributed by atoms with Crippen LogP contribution in [-0.2, 0) is 4.79 Å². The highest BCUT2D eigenvalue weighted by molar-refractivity contribution is 8.93. The first-order valence-corrected chi connectivity index (χ1v) is 5.83. The number of halogens is 2. The summed E-state index contributed by atoms with van der Waals surface area (Å²) in [6, 6.07) is 0. The summed E-state index contributed by atoms with van der Waals surface area (Å²) < 4.78 is 0. The molecule has 2 heterocycles. The summed E-state index contributed by atoms with van der Waals surface area (Å²) in [5.74, 6) is 1.27. The van der Waals surface area contributed by atoms with Crippen molar-refractivity contribution in [3.63, 3.8) is 0 Å². The predicted molar refractivity (Wildman–Crippen MR) is 76.8 cm³/mol. The highest BCUT2D eigenvalue weighted by Gasteiger charge is 2.28. The Morgan fingerprint density at radius 2 is 1.06 bits per heavy atom. The van der Waals surface area contributed by atoms with Gasteiger partial charge in [-0.05, 0) is 51.9 Å². The number of hydrogen-bond acceptors (Lipinski definition) is 3. The van der Waals surface area contributed by atoms with E-state index in [1.807, 2.05) is 0 Å². The van der Waals surface area contributed by atoms with Crippen LogP contribution >= 0.6 is 34.0 Å². The SMILES string of the molecule is Br.Br.O=C(C1CCNCC1)C1CCNCC1. The number of ketones is 1. The highest BCUT2D eigenvalue weighted by atomic mass is 79.9. The maximum Gasteiger partial charge on any atom is 0.139 e.